The fraction of sp³-hybridized carbons (Fsp3) is 0.654. The van der Waals surface area contributed by atoms with Gasteiger partial charge in [-0.3, -0.25) is 0 Å². The monoisotopic (exact) mass is 441 g/mol. The van der Waals surface area contributed by atoms with E-state index in [1.165, 1.54) is 24.8 Å². The van der Waals surface area contributed by atoms with Gasteiger partial charge in [0.15, 0.2) is 11.5 Å². The minimum atomic E-state index is -0.286. The van der Waals surface area contributed by atoms with Crippen molar-refractivity contribution in [2.45, 2.75) is 65.0 Å². The Morgan fingerprint density at radius 3 is 2.75 bits per heavy atom. The third kappa shape index (κ3) is 3.76. The van der Waals surface area contributed by atoms with Crippen LogP contribution in [0.2, 0.25) is 0 Å². The lowest BCUT2D eigenvalue weighted by Crippen LogP contribution is -2.55. The zero-order chi connectivity index (χ0) is 22.3. The fourth-order valence-electron chi connectivity index (χ4n) is 6.30. The van der Waals surface area contributed by atoms with E-state index in [1.807, 2.05) is 12.1 Å². The maximum atomic E-state index is 12.6. The molecule has 2 bridgehead atoms. The lowest BCUT2D eigenvalue weighted by atomic mass is 9.56. The maximum Gasteiger partial charge on any atom is 0.407 e. The van der Waals surface area contributed by atoms with Crippen molar-refractivity contribution in [1.29, 1.82) is 0 Å². The van der Waals surface area contributed by atoms with Gasteiger partial charge in [-0.1, -0.05) is 50.8 Å². The second-order valence-electron chi connectivity index (χ2n) is 10.1. The van der Waals surface area contributed by atoms with Gasteiger partial charge in [-0.05, 0) is 49.3 Å². The van der Waals surface area contributed by atoms with Gasteiger partial charge in [-0.2, -0.15) is 0 Å². The first-order valence-electron chi connectivity index (χ1n) is 12.1. The van der Waals surface area contributed by atoms with Gasteiger partial charge in [0.2, 0.25) is 6.79 Å². The number of hydrogen-bond acceptors (Lipinski definition) is 5. The van der Waals surface area contributed by atoms with Crippen LogP contribution >= 0.6 is 0 Å². The molecule has 2 fully saturated rings. The second kappa shape index (κ2) is 8.62. The van der Waals surface area contributed by atoms with Crippen LogP contribution in [0.4, 0.5) is 4.79 Å². The molecule has 5 atom stereocenters. The van der Waals surface area contributed by atoms with Gasteiger partial charge in [-0.15, -0.1) is 0 Å². The summed E-state index contributed by atoms with van der Waals surface area (Å²) in [5.74, 6) is 2.38. The van der Waals surface area contributed by atoms with Crippen LogP contribution in [0.15, 0.2) is 29.8 Å². The highest BCUT2D eigenvalue weighted by atomic mass is 16.7. The number of benzene rings is 1. The standard InChI is InChI=1S/C26H35NO5/c1-16-11-17(2)26(14-30-25(28)27-20-7-5-4-6-8-20)13-29-24(23(16)18(26)3)19-9-10-21-22(12-19)32-15-31-21/h9-12,17-18,20,23-24H,4-8,13-15H2,1-3H3,(H,27,28)/t17-,18+,23-,24-,26+/m0/s1. The van der Waals surface area contributed by atoms with Crippen LogP contribution in [0.5, 0.6) is 11.5 Å². The van der Waals surface area contributed by atoms with Gasteiger partial charge < -0.3 is 24.3 Å². The van der Waals surface area contributed by atoms with Crippen molar-refractivity contribution in [2.75, 3.05) is 20.0 Å². The second-order valence-corrected chi connectivity index (χ2v) is 10.1. The normalized spacial score (nSPS) is 34.0. The molecule has 1 amide bonds. The molecule has 0 unspecified atom stereocenters. The molecule has 0 spiro atoms. The SMILES string of the molecule is CC1=C[C@H](C)[C@]2(COC(=O)NC3CCCCC3)CO[C@@H](c3ccc4c(c3)OCO4)[C@@H]1[C@H]2C. The molecule has 0 radical (unpaired) electrons. The molecule has 1 N–H and O–H groups in total. The van der Waals surface area contributed by atoms with Crippen LogP contribution in [0, 0.1) is 23.2 Å². The average Bonchev–Trinajstić information content (AvgIpc) is 3.25. The lowest BCUT2D eigenvalue weighted by molar-refractivity contribution is -0.165. The highest BCUT2D eigenvalue weighted by molar-refractivity contribution is 5.67. The molecular formula is C26H35NO5. The summed E-state index contributed by atoms with van der Waals surface area (Å²) in [5, 5.41) is 3.08. The van der Waals surface area contributed by atoms with E-state index >= 15 is 0 Å². The van der Waals surface area contributed by atoms with Crippen molar-refractivity contribution in [3.8, 4) is 11.5 Å². The molecule has 0 aromatic heterocycles. The minimum Gasteiger partial charge on any atom is -0.454 e. The van der Waals surface area contributed by atoms with E-state index < -0.39 is 0 Å². The molecule has 1 aromatic carbocycles. The van der Waals surface area contributed by atoms with Crippen LogP contribution < -0.4 is 14.8 Å². The van der Waals surface area contributed by atoms with Gasteiger partial charge in [0.25, 0.3) is 0 Å². The van der Waals surface area contributed by atoms with Crippen molar-refractivity contribution >= 4 is 6.09 Å². The summed E-state index contributed by atoms with van der Waals surface area (Å²) in [5.41, 5.74) is 2.23. The number of alkyl carbamates (subject to hydrolysis) is 1. The fourth-order valence-corrected chi connectivity index (χ4v) is 6.30. The summed E-state index contributed by atoms with van der Waals surface area (Å²) < 4.78 is 23.5. The average molecular weight is 442 g/mol. The molecule has 1 saturated carbocycles. The Morgan fingerprint density at radius 2 is 1.94 bits per heavy atom. The van der Waals surface area contributed by atoms with Gasteiger partial charge >= 0.3 is 6.09 Å². The summed E-state index contributed by atoms with van der Waals surface area (Å²) in [6.45, 7) is 7.93. The Balaban J connectivity index is 1.32. The number of hydrogen-bond donors (Lipinski definition) is 1. The highest BCUT2D eigenvalue weighted by Crippen LogP contribution is 2.56. The molecule has 6 heteroatoms. The number of rotatable bonds is 4. The number of ether oxygens (including phenoxy) is 4. The van der Waals surface area contributed by atoms with Crippen LogP contribution in [0.1, 0.15) is 64.5 Å². The predicted octanol–water partition coefficient (Wildman–Crippen LogP) is 5.38. The van der Waals surface area contributed by atoms with Crippen molar-refractivity contribution < 1.29 is 23.7 Å². The number of carbonyl (C=O) groups is 1. The van der Waals surface area contributed by atoms with Crippen molar-refractivity contribution in [2.24, 2.45) is 23.2 Å². The number of carbonyl (C=O) groups excluding carboxylic acids is 1. The molecule has 4 aliphatic rings. The van der Waals surface area contributed by atoms with E-state index in [0.29, 0.717) is 19.1 Å². The van der Waals surface area contributed by atoms with Crippen molar-refractivity contribution in [1.82, 2.24) is 5.32 Å². The van der Waals surface area contributed by atoms with Gasteiger partial charge in [0.05, 0.1) is 12.7 Å². The van der Waals surface area contributed by atoms with E-state index in [0.717, 1.165) is 29.9 Å². The maximum absolute atomic E-state index is 12.6. The summed E-state index contributed by atoms with van der Waals surface area (Å²) in [6, 6.07) is 6.35. The molecule has 2 aliphatic heterocycles. The summed E-state index contributed by atoms with van der Waals surface area (Å²) >= 11 is 0. The molecule has 2 aliphatic carbocycles. The first-order valence-corrected chi connectivity index (χ1v) is 12.1. The number of nitrogens with one attached hydrogen (secondary N) is 1. The first-order chi connectivity index (χ1) is 15.5. The zero-order valence-corrected chi connectivity index (χ0v) is 19.4. The number of allylic oxidation sites excluding steroid dienone is 1. The van der Waals surface area contributed by atoms with Crippen LogP contribution in [0.25, 0.3) is 0 Å². The molecule has 6 nitrogen and oxygen atoms in total. The highest BCUT2D eigenvalue weighted by Gasteiger charge is 2.54. The van der Waals surface area contributed by atoms with Crippen LogP contribution in [-0.2, 0) is 9.47 Å². The molecular weight excluding hydrogens is 406 g/mol. The Morgan fingerprint density at radius 1 is 1.16 bits per heavy atom. The van der Waals surface area contributed by atoms with E-state index in [2.05, 4.69) is 38.2 Å². The third-order valence-corrected chi connectivity index (χ3v) is 8.37. The largest absolute Gasteiger partial charge is 0.454 e. The number of fused-ring (bicyclic) bond motifs is 3. The van der Waals surface area contributed by atoms with Crippen LogP contribution in [0.3, 0.4) is 0 Å². The Hall–Kier alpha value is -2.21. The summed E-state index contributed by atoms with van der Waals surface area (Å²) in [7, 11) is 0. The third-order valence-electron chi connectivity index (χ3n) is 8.37. The van der Waals surface area contributed by atoms with E-state index in [1.54, 1.807) is 0 Å². The Labute approximate surface area is 190 Å². The topological polar surface area (TPSA) is 66.0 Å². The lowest BCUT2D eigenvalue weighted by Gasteiger charge is -2.55. The molecule has 174 valence electrons. The first kappa shape index (κ1) is 21.6. The Kier molecular flexibility index (Phi) is 5.82. The van der Waals surface area contributed by atoms with E-state index in [9.17, 15) is 4.79 Å². The molecule has 1 saturated heterocycles. The van der Waals surface area contributed by atoms with Crippen molar-refractivity contribution in [3.05, 3.63) is 35.4 Å². The summed E-state index contributed by atoms with van der Waals surface area (Å²) in [6.07, 6.45) is 7.76. The minimum absolute atomic E-state index is 0.0487. The molecule has 2 heterocycles. The number of amides is 1. The van der Waals surface area contributed by atoms with Crippen molar-refractivity contribution in [3.63, 3.8) is 0 Å². The van der Waals surface area contributed by atoms with E-state index in [-0.39, 0.29) is 42.3 Å². The Bertz CT molecular complexity index is 892. The predicted molar refractivity (Wildman–Crippen MR) is 121 cm³/mol. The smallest absolute Gasteiger partial charge is 0.407 e. The van der Waals surface area contributed by atoms with Gasteiger partial charge in [0, 0.05) is 17.4 Å². The molecule has 1 aromatic rings. The summed E-state index contributed by atoms with van der Waals surface area (Å²) in [4.78, 5) is 12.6. The zero-order valence-electron chi connectivity index (χ0n) is 19.4. The molecule has 32 heavy (non-hydrogen) atoms. The van der Waals surface area contributed by atoms with Crippen LogP contribution in [-0.4, -0.2) is 32.1 Å². The van der Waals surface area contributed by atoms with E-state index in [4.69, 9.17) is 18.9 Å². The van der Waals surface area contributed by atoms with Gasteiger partial charge in [0.1, 0.15) is 6.61 Å². The quantitative estimate of drug-likeness (QED) is 0.636. The molecule has 5 rings (SSSR count). The van der Waals surface area contributed by atoms with Gasteiger partial charge in [-0.25, -0.2) is 4.79 Å².